The summed E-state index contributed by atoms with van der Waals surface area (Å²) in [6, 6.07) is 4.89. The largest absolute Gasteiger partial charge is 0.361 e. The zero-order valence-electron chi connectivity index (χ0n) is 10.3. The highest BCUT2D eigenvalue weighted by atomic mass is 35.5. The molecule has 1 aromatic carbocycles. The van der Waals surface area contributed by atoms with Crippen LogP contribution in [0.15, 0.2) is 24.8 Å². The Morgan fingerprint density at radius 2 is 1.78 bits per heavy atom. The predicted molar refractivity (Wildman–Crippen MR) is 76.4 cm³/mol. The lowest BCUT2D eigenvalue weighted by Gasteiger charge is -2.19. The van der Waals surface area contributed by atoms with Crippen molar-refractivity contribution in [3.63, 3.8) is 0 Å². The Labute approximate surface area is 117 Å². The minimum Gasteiger partial charge on any atom is -0.305 e. The minimum atomic E-state index is -3.36. The lowest BCUT2D eigenvalue weighted by atomic mass is 10.2. The van der Waals surface area contributed by atoms with Gasteiger partial charge >= 0.3 is 7.60 Å². The summed E-state index contributed by atoms with van der Waals surface area (Å²) in [6.07, 6.45) is 0. The van der Waals surface area contributed by atoms with Gasteiger partial charge in [0.2, 0.25) is 0 Å². The normalized spacial score (nSPS) is 11.6. The fourth-order valence-electron chi connectivity index (χ4n) is 1.37. The van der Waals surface area contributed by atoms with Crippen molar-refractivity contribution < 1.29 is 13.6 Å². The van der Waals surface area contributed by atoms with Crippen LogP contribution in [0, 0.1) is 0 Å². The van der Waals surface area contributed by atoms with E-state index in [0.29, 0.717) is 15.6 Å². The standard InChI is InChI=1S/C12H15Cl2O3P/c1-4-16-18(15,17-5-2)9(3)10-6-7-11(13)12(14)8-10/h6-8H,3-5H2,1-2H3. The molecule has 3 nitrogen and oxygen atoms in total. The Bertz CT molecular complexity index is 478. The number of halogens is 2. The minimum absolute atomic E-state index is 0.275. The van der Waals surface area contributed by atoms with Crippen molar-refractivity contribution in [1.82, 2.24) is 0 Å². The van der Waals surface area contributed by atoms with Gasteiger partial charge in [-0.05, 0) is 31.5 Å². The Morgan fingerprint density at radius 3 is 2.22 bits per heavy atom. The van der Waals surface area contributed by atoms with Crippen LogP contribution in [0.4, 0.5) is 0 Å². The number of hydrogen-bond donors (Lipinski definition) is 0. The van der Waals surface area contributed by atoms with Gasteiger partial charge in [0.15, 0.2) is 0 Å². The topological polar surface area (TPSA) is 35.5 Å². The average molecular weight is 309 g/mol. The fourth-order valence-corrected chi connectivity index (χ4v) is 3.19. The third-order valence-electron chi connectivity index (χ3n) is 2.18. The van der Waals surface area contributed by atoms with Crippen molar-refractivity contribution in [2.45, 2.75) is 13.8 Å². The molecule has 0 spiro atoms. The molecule has 0 unspecified atom stereocenters. The maximum Gasteiger partial charge on any atom is 0.361 e. The first-order chi connectivity index (χ1) is 8.44. The van der Waals surface area contributed by atoms with Gasteiger partial charge in [-0.25, -0.2) is 0 Å². The molecule has 0 fully saturated rings. The molecule has 0 N–H and O–H groups in total. The van der Waals surface area contributed by atoms with E-state index < -0.39 is 7.60 Å². The molecule has 0 amide bonds. The highest BCUT2D eigenvalue weighted by molar-refractivity contribution is 7.65. The molecule has 0 radical (unpaired) electrons. The van der Waals surface area contributed by atoms with Gasteiger partial charge in [-0.15, -0.1) is 0 Å². The fraction of sp³-hybridized carbons (Fsp3) is 0.333. The zero-order chi connectivity index (χ0) is 13.8. The molecule has 1 rings (SSSR count). The number of benzene rings is 1. The monoisotopic (exact) mass is 308 g/mol. The Balaban J connectivity index is 3.09. The lowest BCUT2D eigenvalue weighted by Crippen LogP contribution is -1.98. The first-order valence-corrected chi connectivity index (χ1v) is 7.78. The Hall–Kier alpha value is -0.310. The lowest BCUT2D eigenvalue weighted by molar-refractivity contribution is 0.230. The van der Waals surface area contributed by atoms with Crippen LogP contribution in [-0.2, 0) is 13.6 Å². The number of rotatable bonds is 6. The second-order valence-electron chi connectivity index (χ2n) is 3.41. The van der Waals surface area contributed by atoms with E-state index in [1.807, 2.05) is 0 Å². The van der Waals surface area contributed by atoms with Gasteiger partial charge in [0, 0.05) is 0 Å². The van der Waals surface area contributed by atoms with Crippen molar-refractivity contribution >= 4 is 36.1 Å². The number of hydrogen-bond acceptors (Lipinski definition) is 3. The summed E-state index contributed by atoms with van der Waals surface area (Å²) in [7, 11) is -3.36. The highest BCUT2D eigenvalue weighted by Gasteiger charge is 2.29. The SMILES string of the molecule is C=C(c1ccc(Cl)c(Cl)c1)P(=O)(OCC)OCC. The quantitative estimate of drug-likeness (QED) is 0.675. The molecule has 0 aliphatic carbocycles. The highest BCUT2D eigenvalue weighted by Crippen LogP contribution is 2.59. The van der Waals surface area contributed by atoms with Gasteiger partial charge in [0.05, 0.1) is 28.6 Å². The van der Waals surface area contributed by atoms with E-state index in [-0.39, 0.29) is 18.5 Å². The van der Waals surface area contributed by atoms with Crippen LogP contribution < -0.4 is 0 Å². The van der Waals surface area contributed by atoms with Crippen LogP contribution >= 0.6 is 30.8 Å². The van der Waals surface area contributed by atoms with Gasteiger partial charge in [-0.1, -0.05) is 35.8 Å². The van der Waals surface area contributed by atoms with Gasteiger partial charge in [-0.3, -0.25) is 4.57 Å². The smallest absolute Gasteiger partial charge is 0.305 e. The van der Waals surface area contributed by atoms with Crippen LogP contribution in [-0.4, -0.2) is 13.2 Å². The van der Waals surface area contributed by atoms with E-state index >= 15 is 0 Å². The molecule has 0 bridgehead atoms. The average Bonchev–Trinajstić information content (AvgIpc) is 2.32. The molecule has 18 heavy (non-hydrogen) atoms. The van der Waals surface area contributed by atoms with Gasteiger partial charge in [-0.2, -0.15) is 0 Å². The second-order valence-corrected chi connectivity index (χ2v) is 6.27. The van der Waals surface area contributed by atoms with Crippen LogP contribution in [0.25, 0.3) is 5.31 Å². The molecule has 6 heteroatoms. The summed E-state index contributed by atoms with van der Waals surface area (Å²) in [5, 5.41) is 1.08. The van der Waals surface area contributed by atoms with E-state index in [2.05, 4.69) is 6.58 Å². The van der Waals surface area contributed by atoms with Crippen molar-refractivity contribution in [2.24, 2.45) is 0 Å². The summed E-state index contributed by atoms with van der Waals surface area (Å²) in [5.74, 6) is 0. The first kappa shape index (κ1) is 15.7. The van der Waals surface area contributed by atoms with E-state index in [1.54, 1.807) is 32.0 Å². The molecule has 100 valence electrons. The van der Waals surface area contributed by atoms with Crippen molar-refractivity contribution in [2.75, 3.05) is 13.2 Å². The molecule has 0 saturated heterocycles. The van der Waals surface area contributed by atoms with E-state index in [1.165, 1.54) is 0 Å². The van der Waals surface area contributed by atoms with Crippen molar-refractivity contribution in [3.05, 3.63) is 40.4 Å². The molecule has 0 aliphatic heterocycles. The van der Waals surface area contributed by atoms with Crippen LogP contribution in [0.2, 0.25) is 10.0 Å². The maximum atomic E-state index is 12.5. The van der Waals surface area contributed by atoms with Crippen LogP contribution in [0.3, 0.4) is 0 Å². The zero-order valence-corrected chi connectivity index (χ0v) is 12.7. The van der Waals surface area contributed by atoms with E-state index in [9.17, 15) is 4.57 Å². The summed E-state index contributed by atoms with van der Waals surface area (Å²) in [6.45, 7) is 7.83. The van der Waals surface area contributed by atoms with Gasteiger partial charge in [0.25, 0.3) is 0 Å². The molecule has 0 aromatic heterocycles. The molecular weight excluding hydrogens is 294 g/mol. The van der Waals surface area contributed by atoms with E-state index in [4.69, 9.17) is 32.2 Å². The summed E-state index contributed by atoms with van der Waals surface area (Å²) in [4.78, 5) is 0. The molecule has 0 saturated carbocycles. The second kappa shape index (κ2) is 6.74. The van der Waals surface area contributed by atoms with Crippen molar-refractivity contribution in [1.29, 1.82) is 0 Å². The first-order valence-electron chi connectivity index (χ1n) is 5.48. The van der Waals surface area contributed by atoms with E-state index in [0.717, 1.165) is 0 Å². The molecule has 0 atom stereocenters. The molecule has 1 aromatic rings. The predicted octanol–water partition coefficient (Wildman–Crippen LogP) is 5.23. The summed E-state index contributed by atoms with van der Waals surface area (Å²) < 4.78 is 22.9. The van der Waals surface area contributed by atoms with Crippen LogP contribution in [0.5, 0.6) is 0 Å². The van der Waals surface area contributed by atoms with Crippen molar-refractivity contribution in [3.8, 4) is 0 Å². The Morgan fingerprint density at radius 1 is 1.22 bits per heavy atom. The third kappa shape index (κ3) is 3.59. The maximum absolute atomic E-state index is 12.5. The third-order valence-corrected chi connectivity index (χ3v) is 5.04. The van der Waals surface area contributed by atoms with Crippen LogP contribution in [0.1, 0.15) is 19.4 Å². The van der Waals surface area contributed by atoms with Gasteiger partial charge in [0.1, 0.15) is 0 Å². The molecule has 0 aliphatic rings. The molecular formula is C12H15Cl2O3P. The molecule has 0 heterocycles. The summed E-state index contributed by atoms with van der Waals surface area (Å²) >= 11 is 11.7. The Kier molecular flexibility index (Phi) is 5.90. The summed E-state index contributed by atoms with van der Waals surface area (Å²) in [5.41, 5.74) is 0.592. The van der Waals surface area contributed by atoms with Gasteiger partial charge < -0.3 is 9.05 Å².